The molecule has 1 aromatic rings. The Bertz CT molecular complexity index is 356. The molecule has 0 saturated heterocycles. The first kappa shape index (κ1) is 13.7. The van der Waals surface area contributed by atoms with Crippen LogP contribution in [-0.2, 0) is 6.42 Å². The molecule has 0 aliphatic rings. The zero-order valence-corrected chi connectivity index (χ0v) is 10.6. The summed E-state index contributed by atoms with van der Waals surface area (Å²) in [7, 11) is 0. The summed E-state index contributed by atoms with van der Waals surface area (Å²) in [6, 6.07) is -0.0270. The summed E-state index contributed by atoms with van der Waals surface area (Å²) in [6.45, 7) is 6.16. The highest BCUT2D eigenvalue weighted by Gasteiger charge is 2.16. The quantitative estimate of drug-likeness (QED) is 0.432. The second-order valence-electron chi connectivity index (χ2n) is 4.22. The number of aliphatic hydroxyl groups is 1. The number of hydrazine groups is 1. The number of nitrogen functional groups attached to an aromatic ring is 1. The highest BCUT2D eigenvalue weighted by Crippen LogP contribution is 2.21. The summed E-state index contributed by atoms with van der Waals surface area (Å²) in [5.41, 5.74) is 3.48. The molecule has 0 radical (unpaired) electrons. The standard InChI is InChI=1S/C11H21N5O/c1-4-8-10(13-6-14-11(8)16-12)15-9(5-17)7(2)3/h6-7,9,17H,4-5,12H2,1-3H3,(H2,13,14,15,16)/t9-/m1/s1. The lowest BCUT2D eigenvalue weighted by Gasteiger charge is -2.22. The maximum Gasteiger partial charge on any atom is 0.148 e. The van der Waals surface area contributed by atoms with E-state index in [-0.39, 0.29) is 12.6 Å². The van der Waals surface area contributed by atoms with Crippen molar-refractivity contribution in [3.63, 3.8) is 0 Å². The van der Waals surface area contributed by atoms with Gasteiger partial charge in [0, 0.05) is 5.56 Å². The number of aromatic nitrogens is 2. The van der Waals surface area contributed by atoms with Crippen LogP contribution < -0.4 is 16.6 Å². The lowest BCUT2D eigenvalue weighted by atomic mass is 10.1. The number of anilines is 2. The van der Waals surface area contributed by atoms with E-state index in [1.165, 1.54) is 6.33 Å². The van der Waals surface area contributed by atoms with Crippen molar-refractivity contribution in [2.24, 2.45) is 11.8 Å². The zero-order valence-electron chi connectivity index (χ0n) is 10.6. The van der Waals surface area contributed by atoms with Gasteiger partial charge in [-0.2, -0.15) is 0 Å². The van der Waals surface area contributed by atoms with Crippen molar-refractivity contribution in [2.45, 2.75) is 33.2 Å². The smallest absolute Gasteiger partial charge is 0.148 e. The molecule has 1 aromatic heterocycles. The summed E-state index contributed by atoms with van der Waals surface area (Å²) in [4.78, 5) is 8.26. The first-order valence-electron chi connectivity index (χ1n) is 5.81. The van der Waals surface area contributed by atoms with Gasteiger partial charge in [-0.25, -0.2) is 15.8 Å². The van der Waals surface area contributed by atoms with E-state index in [4.69, 9.17) is 5.84 Å². The topological polar surface area (TPSA) is 96.1 Å². The Morgan fingerprint density at radius 1 is 1.35 bits per heavy atom. The fourth-order valence-corrected chi connectivity index (χ4v) is 1.59. The van der Waals surface area contributed by atoms with Gasteiger partial charge in [-0.3, -0.25) is 0 Å². The van der Waals surface area contributed by atoms with E-state index < -0.39 is 0 Å². The molecule has 6 heteroatoms. The van der Waals surface area contributed by atoms with Crippen molar-refractivity contribution in [2.75, 3.05) is 17.3 Å². The minimum absolute atomic E-state index is 0.0270. The van der Waals surface area contributed by atoms with Crippen LogP contribution in [0.25, 0.3) is 0 Å². The molecule has 1 heterocycles. The predicted octanol–water partition coefficient (Wildman–Crippen LogP) is 0.753. The molecule has 0 aliphatic heterocycles. The van der Waals surface area contributed by atoms with Crippen molar-refractivity contribution in [3.8, 4) is 0 Å². The Kier molecular flexibility index (Phi) is 5.11. The van der Waals surface area contributed by atoms with Crippen molar-refractivity contribution in [3.05, 3.63) is 11.9 Å². The van der Waals surface area contributed by atoms with E-state index in [0.717, 1.165) is 17.8 Å². The molecule has 96 valence electrons. The molecule has 5 N–H and O–H groups in total. The fraction of sp³-hybridized carbons (Fsp3) is 0.636. The molecule has 0 amide bonds. The summed E-state index contributed by atoms with van der Waals surface area (Å²) in [6.07, 6.45) is 2.21. The molecule has 1 rings (SSSR count). The van der Waals surface area contributed by atoms with Crippen LogP contribution in [0.15, 0.2) is 6.33 Å². The summed E-state index contributed by atoms with van der Waals surface area (Å²) >= 11 is 0. The summed E-state index contributed by atoms with van der Waals surface area (Å²) < 4.78 is 0. The van der Waals surface area contributed by atoms with E-state index in [0.29, 0.717) is 11.7 Å². The van der Waals surface area contributed by atoms with Gasteiger partial charge >= 0.3 is 0 Å². The van der Waals surface area contributed by atoms with Crippen LogP contribution in [0, 0.1) is 5.92 Å². The first-order valence-corrected chi connectivity index (χ1v) is 5.81. The number of rotatable bonds is 6. The molecule has 1 atom stereocenters. The van der Waals surface area contributed by atoms with E-state index >= 15 is 0 Å². The number of nitrogens with one attached hydrogen (secondary N) is 2. The first-order chi connectivity index (χ1) is 8.13. The number of hydrogen-bond donors (Lipinski definition) is 4. The maximum absolute atomic E-state index is 9.30. The number of nitrogens with zero attached hydrogens (tertiary/aromatic N) is 2. The van der Waals surface area contributed by atoms with Crippen molar-refractivity contribution < 1.29 is 5.11 Å². The molecule has 0 bridgehead atoms. The molecule has 0 unspecified atom stereocenters. The van der Waals surface area contributed by atoms with Gasteiger partial charge in [-0.15, -0.1) is 0 Å². The van der Waals surface area contributed by atoms with Crippen LogP contribution in [0.2, 0.25) is 0 Å². The Balaban J connectivity index is 2.97. The molecule has 17 heavy (non-hydrogen) atoms. The Morgan fingerprint density at radius 3 is 2.47 bits per heavy atom. The van der Waals surface area contributed by atoms with Crippen molar-refractivity contribution in [1.29, 1.82) is 0 Å². The average molecular weight is 239 g/mol. The second kappa shape index (κ2) is 6.36. The van der Waals surface area contributed by atoms with Gasteiger partial charge in [-0.1, -0.05) is 20.8 Å². The van der Waals surface area contributed by atoms with Crippen LogP contribution in [0.5, 0.6) is 0 Å². The predicted molar refractivity (Wildman–Crippen MR) is 68.6 cm³/mol. The lowest BCUT2D eigenvalue weighted by Crippen LogP contribution is -2.30. The molecule has 0 saturated carbocycles. The van der Waals surface area contributed by atoms with Gasteiger partial charge in [0.05, 0.1) is 12.6 Å². The van der Waals surface area contributed by atoms with E-state index in [1.54, 1.807) is 0 Å². The van der Waals surface area contributed by atoms with Crippen LogP contribution in [0.1, 0.15) is 26.3 Å². The third-order valence-corrected chi connectivity index (χ3v) is 2.76. The van der Waals surface area contributed by atoms with Gasteiger partial charge in [0.1, 0.15) is 18.0 Å². The highest BCUT2D eigenvalue weighted by molar-refractivity contribution is 5.57. The molecule has 6 nitrogen and oxygen atoms in total. The SMILES string of the molecule is CCc1c(NN)ncnc1N[C@H](CO)C(C)C. The summed E-state index contributed by atoms with van der Waals surface area (Å²) in [5.74, 6) is 7.06. The maximum atomic E-state index is 9.30. The van der Waals surface area contributed by atoms with Crippen LogP contribution in [0.3, 0.4) is 0 Å². The zero-order chi connectivity index (χ0) is 12.8. The van der Waals surface area contributed by atoms with Crippen molar-refractivity contribution >= 4 is 11.6 Å². The minimum Gasteiger partial charge on any atom is -0.394 e. The van der Waals surface area contributed by atoms with E-state index in [1.807, 2.05) is 20.8 Å². The molecular formula is C11H21N5O. The minimum atomic E-state index is -0.0270. The third-order valence-electron chi connectivity index (χ3n) is 2.76. The number of nitrogens with two attached hydrogens (primary N) is 1. The van der Waals surface area contributed by atoms with Gasteiger partial charge in [0.25, 0.3) is 0 Å². The normalized spacial score (nSPS) is 12.6. The molecule has 0 aliphatic carbocycles. The Morgan fingerprint density at radius 2 is 2.00 bits per heavy atom. The summed E-state index contributed by atoms with van der Waals surface area (Å²) in [5, 5.41) is 12.5. The monoisotopic (exact) mass is 239 g/mol. The highest BCUT2D eigenvalue weighted by atomic mass is 16.3. The fourth-order valence-electron chi connectivity index (χ4n) is 1.59. The van der Waals surface area contributed by atoms with E-state index in [9.17, 15) is 5.11 Å². The Labute approximate surface area is 102 Å². The van der Waals surface area contributed by atoms with Crippen LogP contribution in [-0.4, -0.2) is 27.7 Å². The van der Waals surface area contributed by atoms with Gasteiger partial charge in [0.2, 0.25) is 0 Å². The van der Waals surface area contributed by atoms with Crippen molar-refractivity contribution in [1.82, 2.24) is 9.97 Å². The Hall–Kier alpha value is -1.40. The molecule has 0 spiro atoms. The third kappa shape index (κ3) is 3.28. The van der Waals surface area contributed by atoms with Gasteiger partial charge < -0.3 is 15.8 Å². The van der Waals surface area contributed by atoms with Crippen LogP contribution >= 0.6 is 0 Å². The number of aliphatic hydroxyl groups excluding tert-OH is 1. The molecular weight excluding hydrogens is 218 g/mol. The molecule has 0 aromatic carbocycles. The van der Waals surface area contributed by atoms with E-state index in [2.05, 4.69) is 20.7 Å². The number of hydrogen-bond acceptors (Lipinski definition) is 6. The van der Waals surface area contributed by atoms with Crippen LogP contribution in [0.4, 0.5) is 11.6 Å². The van der Waals surface area contributed by atoms with Gasteiger partial charge in [0.15, 0.2) is 0 Å². The lowest BCUT2D eigenvalue weighted by molar-refractivity contribution is 0.249. The molecule has 0 fully saturated rings. The van der Waals surface area contributed by atoms with Gasteiger partial charge in [-0.05, 0) is 12.3 Å². The average Bonchev–Trinajstić information content (AvgIpc) is 2.34. The largest absolute Gasteiger partial charge is 0.394 e. The second-order valence-corrected chi connectivity index (χ2v) is 4.22.